The van der Waals surface area contributed by atoms with E-state index in [-0.39, 0.29) is 0 Å². The van der Waals surface area contributed by atoms with Gasteiger partial charge in [-0.2, -0.15) is 0 Å². The highest BCUT2D eigenvalue weighted by molar-refractivity contribution is 5.95. The summed E-state index contributed by atoms with van der Waals surface area (Å²) < 4.78 is 0. The van der Waals surface area contributed by atoms with Gasteiger partial charge in [-0.15, -0.1) is 0 Å². The standard InChI is InChI=1S/C15H19N3O/c1-18-12-8-3-2-7-11(12)16-14-9-5-4-6-10(15(14)18)13(9)17-19/h2-3,7-10,14-16,19H,4-6H2,1H3/b17-13-/t9-,10+,14+,15-/m1/s1. The first-order valence-electron chi connectivity index (χ1n) is 7.11. The first kappa shape index (κ1) is 11.1. The van der Waals surface area contributed by atoms with Gasteiger partial charge in [0.2, 0.25) is 0 Å². The molecule has 1 aromatic carbocycles. The predicted molar refractivity (Wildman–Crippen MR) is 76.1 cm³/mol. The summed E-state index contributed by atoms with van der Waals surface area (Å²) in [5.41, 5.74) is 3.48. The molecule has 0 saturated heterocycles. The number of nitrogens with one attached hydrogen (secondary N) is 1. The van der Waals surface area contributed by atoms with E-state index in [1.54, 1.807) is 0 Å². The zero-order chi connectivity index (χ0) is 13.0. The van der Waals surface area contributed by atoms with Crippen LogP contribution in [0.25, 0.3) is 0 Å². The normalized spacial score (nSPS) is 37.7. The molecule has 2 aliphatic carbocycles. The summed E-state index contributed by atoms with van der Waals surface area (Å²) in [6, 6.07) is 9.27. The SMILES string of the molecule is CN1c2ccccc2N[C@@H]2[C@H]1[C@H]1CCC[C@@H]2/C1=N/O. The molecule has 4 rings (SSSR count). The summed E-state index contributed by atoms with van der Waals surface area (Å²) in [5, 5.41) is 16.7. The quantitative estimate of drug-likeness (QED) is 0.554. The highest BCUT2D eigenvalue weighted by atomic mass is 16.4. The van der Waals surface area contributed by atoms with Crippen LogP contribution in [0.2, 0.25) is 0 Å². The number of hydrogen-bond donors (Lipinski definition) is 2. The smallest absolute Gasteiger partial charge is 0.0674 e. The summed E-state index contributed by atoms with van der Waals surface area (Å²) >= 11 is 0. The minimum absolute atomic E-state index is 0.387. The monoisotopic (exact) mass is 257 g/mol. The lowest BCUT2D eigenvalue weighted by Crippen LogP contribution is -2.49. The largest absolute Gasteiger partial charge is 0.411 e. The van der Waals surface area contributed by atoms with Gasteiger partial charge >= 0.3 is 0 Å². The average molecular weight is 257 g/mol. The van der Waals surface area contributed by atoms with Gasteiger partial charge < -0.3 is 15.4 Å². The first-order valence-corrected chi connectivity index (χ1v) is 7.11. The van der Waals surface area contributed by atoms with Crippen LogP contribution in [0.1, 0.15) is 19.3 Å². The number of fused-ring (bicyclic) bond motifs is 6. The fraction of sp³-hybridized carbons (Fsp3) is 0.533. The number of rotatable bonds is 0. The Labute approximate surface area is 113 Å². The zero-order valence-corrected chi connectivity index (χ0v) is 11.1. The molecule has 4 nitrogen and oxygen atoms in total. The molecule has 2 fully saturated rings. The van der Waals surface area contributed by atoms with Crippen LogP contribution in [-0.4, -0.2) is 30.1 Å². The van der Waals surface area contributed by atoms with Crippen molar-refractivity contribution in [3.63, 3.8) is 0 Å². The topological polar surface area (TPSA) is 47.9 Å². The summed E-state index contributed by atoms with van der Waals surface area (Å²) in [4.78, 5) is 2.39. The summed E-state index contributed by atoms with van der Waals surface area (Å²) in [6.07, 6.45) is 3.53. The third-order valence-corrected chi connectivity index (χ3v) is 5.17. The van der Waals surface area contributed by atoms with Gasteiger partial charge in [-0.3, -0.25) is 0 Å². The Morgan fingerprint density at radius 2 is 2.05 bits per heavy atom. The molecule has 0 amide bonds. The maximum Gasteiger partial charge on any atom is 0.0674 e. The predicted octanol–water partition coefficient (Wildman–Crippen LogP) is 2.55. The van der Waals surface area contributed by atoms with E-state index >= 15 is 0 Å². The molecule has 0 aromatic heterocycles. The van der Waals surface area contributed by atoms with Crippen LogP contribution in [0.3, 0.4) is 0 Å². The fourth-order valence-electron chi connectivity index (χ4n) is 4.41. The third kappa shape index (κ3) is 1.37. The fourth-order valence-corrected chi connectivity index (χ4v) is 4.41. The maximum atomic E-state index is 9.36. The lowest BCUT2D eigenvalue weighted by molar-refractivity contribution is 0.308. The van der Waals surface area contributed by atoms with Crippen molar-refractivity contribution in [3.8, 4) is 0 Å². The molecule has 1 aromatic rings. The van der Waals surface area contributed by atoms with Crippen LogP contribution in [-0.2, 0) is 0 Å². The van der Waals surface area contributed by atoms with E-state index < -0.39 is 0 Å². The van der Waals surface area contributed by atoms with Gasteiger partial charge in [0.05, 0.1) is 29.2 Å². The third-order valence-electron chi connectivity index (χ3n) is 5.17. The first-order chi connectivity index (χ1) is 9.31. The molecular weight excluding hydrogens is 238 g/mol. The Hall–Kier alpha value is -1.71. The van der Waals surface area contributed by atoms with Gasteiger partial charge in [-0.1, -0.05) is 23.7 Å². The molecule has 2 N–H and O–H groups in total. The van der Waals surface area contributed by atoms with Gasteiger partial charge in [0.1, 0.15) is 0 Å². The van der Waals surface area contributed by atoms with Gasteiger partial charge in [0.15, 0.2) is 0 Å². The van der Waals surface area contributed by atoms with Gasteiger partial charge in [-0.25, -0.2) is 0 Å². The van der Waals surface area contributed by atoms with E-state index in [2.05, 4.69) is 46.7 Å². The van der Waals surface area contributed by atoms with Crippen molar-refractivity contribution >= 4 is 17.1 Å². The van der Waals surface area contributed by atoms with Crippen LogP contribution < -0.4 is 10.2 Å². The van der Waals surface area contributed by atoms with Crippen molar-refractivity contribution in [2.24, 2.45) is 17.0 Å². The number of anilines is 2. The molecule has 100 valence electrons. The van der Waals surface area contributed by atoms with Gasteiger partial charge in [0.25, 0.3) is 0 Å². The van der Waals surface area contributed by atoms with Crippen LogP contribution >= 0.6 is 0 Å². The summed E-state index contributed by atoms with van der Waals surface area (Å²) in [5.74, 6) is 0.796. The van der Waals surface area contributed by atoms with E-state index in [4.69, 9.17) is 0 Å². The Kier molecular flexibility index (Phi) is 2.28. The molecule has 19 heavy (non-hydrogen) atoms. The van der Waals surface area contributed by atoms with Gasteiger partial charge in [-0.05, 0) is 25.0 Å². The van der Waals surface area contributed by atoms with Crippen molar-refractivity contribution in [1.29, 1.82) is 0 Å². The lowest BCUT2D eigenvalue weighted by Gasteiger charge is -2.41. The Morgan fingerprint density at radius 1 is 1.26 bits per heavy atom. The second-order valence-electron chi connectivity index (χ2n) is 5.96. The second kappa shape index (κ2) is 3.89. The van der Waals surface area contributed by atoms with Crippen molar-refractivity contribution in [2.75, 3.05) is 17.3 Å². The van der Waals surface area contributed by atoms with Crippen molar-refractivity contribution in [2.45, 2.75) is 31.3 Å². The Bertz CT molecular complexity index is 542. The minimum Gasteiger partial charge on any atom is -0.411 e. The Balaban J connectivity index is 1.82. The number of benzene rings is 1. The molecule has 3 aliphatic rings. The van der Waals surface area contributed by atoms with E-state index in [1.807, 2.05) is 0 Å². The molecule has 0 unspecified atom stereocenters. The lowest BCUT2D eigenvalue weighted by atomic mass is 9.86. The Morgan fingerprint density at radius 3 is 2.89 bits per heavy atom. The number of nitrogens with zero attached hydrogens (tertiary/aromatic N) is 2. The number of hydrogen-bond acceptors (Lipinski definition) is 4. The van der Waals surface area contributed by atoms with Crippen LogP contribution in [0, 0.1) is 11.8 Å². The second-order valence-corrected chi connectivity index (χ2v) is 5.96. The average Bonchev–Trinajstić information content (AvgIpc) is 2.62. The highest BCUT2D eigenvalue weighted by Gasteiger charge is 2.53. The van der Waals surface area contributed by atoms with E-state index in [0.29, 0.717) is 23.9 Å². The molecule has 1 heterocycles. The maximum absolute atomic E-state index is 9.36. The zero-order valence-electron chi connectivity index (χ0n) is 11.1. The van der Waals surface area contributed by atoms with Gasteiger partial charge in [0, 0.05) is 18.9 Å². The van der Waals surface area contributed by atoms with Crippen LogP contribution in [0.5, 0.6) is 0 Å². The molecule has 0 radical (unpaired) electrons. The molecule has 4 atom stereocenters. The minimum atomic E-state index is 0.387. The summed E-state index contributed by atoms with van der Waals surface area (Å²) in [6.45, 7) is 0. The summed E-state index contributed by atoms with van der Waals surface area (Å²) in [7, 11) is 2.17. The van der Waals surface area contributed by atoms with Crippen molar-refractivity contribution in [1.82, 2.24) is 0 Å². The number of likely N-dealkylation sites (N-methyl/N-ethyl adjacent to an activating group) is 1. The molecule has 2 saturated carbocycles. The number of para-hydroxylation sites is 2. The number of oxime groups is 1. The van der Waals surface area contributed by atoms with E-state index in [0.717, 1.165) is 18.6 Å². The van der Waals surface area contributed by atoms with Crippen LogP contribution in [0.4, 0.5) is 11.4 Å². The molecule has 0 spiro atoms. The van der Waals surface area contributed by atoms with Crippen molar-refractivity contribution in [3.05, 3.63) is 24.3 Å². The highest BCUT2D eigenvalue weighted by Crippen LogP contribution is 2.48. The van der Waals surface area contributed by atoms with Crippen LogP contribution in [0.15, 0.2) is 29.4 Å². The molecular formula is C15H19N3O. The molecule has 1 aliphatic heterocycles. The van der Waals surface area contributed by atoms with Crippen molar-refractivity contribution < 1.29 is 5.21 Å². The van der Waals surface area contributed by atoms with E-state index in [1.165, 1.54) is 17.8 Å². The van der Waals surface area contributed by atoms with E-state index in [9.17, 15) is 5.21 Å². The molecule has 4 heteroatoms. The molecule has 2 bridgehead atoms.